The van der Waals surface area contributed by atoms with Crippen LogP contribution in [0.25, 0.3) is 0 Å². The van der Waals surface area contributed by atoms with Crippen LogP contribution in [0.2, 0.25) is 0 Å². The Kier molecular flexibility index (Phi) is 4.22. The molecule has 2 rings (SSSR count). The van der Waals surface area contributed by atoms with Crippen molar-refractivity contribution in [3.8, 4) is 0 Å². The molecule has 3 atom stereocenters. The third kappa shape index (κ3) is 2.66. The van der Waals surface area contributed by atoms with Gasteiger partial charge in [-0.3, -0.25) is 4.79 Å². The molecule has 0 bridgehead atoms. The van der Waals surface area contributed by atoms with Crippen LogP contribution in [0.5, 0.6) is 0 Å². The highest BCUT2D eigenvalue weighted by Gasteiger charge is 2.39. The summed E-state index contributed by atoms with van der Waals surface area (Å²) in [5.74, 6) is -0.844. The first kappa shape index (κ1) is 13.3. The third-order valence-electron chi connectivity index (χ3n) is 4.08. The molecule has 1 amide bonds. The van der Waals surface area contributed by atoms with E-state index in [0.717, 1.165) is 38.6 Å². The van der Waals surface area contributed by atoms with Crippen LogP contribution in [-0.2, 0) is 9.59 Å². The number of aliphatic carboxylic acids is 1. The molecule has 2 N–H and O–H groups in total. The molecule has 2 saturated heterocycles. The average molecular weight is 254 g/mol. The van der Waals surface area contributed by atoms with Gasteiger partial charge in [-0.05, 0) is 38.1 Å². The fraction of sp³-hybridized carbons (Fsp3) is 0.846. The zero-order valence-corrected chi connectivity index (χ0v) is 10.9. The van der Waals surface area contributed by atoms with Crippen molar-refractivity contribution in [3.05, 3.63) is 0 Å². The Bertz CT molecular complexity index is 326. The molecule has 2 unspecified atom stereocenters. The van der Waals surface area contributed by atoms with Crippen molar-refractivity contribution in [1.29, 1.82) is 0 Å². The molecule has 0 aromatic carbocycles. The third-order valence-corrected chi connectivity index (χ3v) is 4.08. The fourth-order valence-electron chi connectivity index (χ4n) is 3.07. The highest BCUT2D eigenvalue weighted by Crippen LogP contribution is 2.25. The average Bonchev–Trinajstić information content (AvgIpc) is 2.38. The summed E-state index contributed by atoms with van der Waals surface area (Å²) in [5.41, 5.74) is 0. The van der Waals surface area contributed by atoms with Crippen LogP contribution < -0.4 is 5.32 Å². The minimum Gasteiger partial charge on any atom is -0.480 e. The van der Waals surface area contributed by atoms with Crippen molar-refractivity contribution in [1.82, 2.24) is 10.2 Å². The fourth-order valence-corrected chi connectivity index (χ4v) is 3.07. The van der Waals surface area contributed by atoms with Crippen molar-refractivity contribution < 1.29 is 14.7 Å². The number of nitrogens with zero attached hydrogens (tertiary/aromatic N) is 1. The second-order valence-corrected chi connectivity index (χ2v) is 5.44. The lowest BCUT2D eigenvalue weighted by molar-refractivity contribution is -0.155. The number of carboxylic acid groups (broad SMARTS) is 1. The maximum absolute atomic E-state index is 12.4. The maximum Gasteiger partial charge on any atom is 0.326 e. The first-order valence-electron chi connectivity index (χ1n) is 6.88. The smallest absolute Gasteiger partial charge is 0.326 e. The lowest BCUT2D eigenvalue weighted by Gasteiger charge is -2.39. The van der Waals surface area contributed by atoms with Crippen LogP contribution >= 0.6 is 0 Å². The Morgan fingerprint density at radius 3 is 2.61 bits per heavy atom. The lowest BCUT2D eigenvalue weighted by atomic mass is 9.89. The van der Waals surface area contributed by atoms with Gasteiger partial charge in [-0.2, -0.15) is 0 Å². The van der Waals surface area contributed by atoms with Crippen LogP contribution in [0, 0.1) is 5.92 Å². The molecule has 0 saturated carbocycles. The van der Waals surface area contributed by atoms with Gasteiger partial charge in [0.25, 0.3) is 0 Å². The predicted octanol–water partition coefficient (Wildman–Crippen LogP) is 0.840. The van der Waals surface area contributed by atoms with Crippen LogP contribution in [-0.4, -0.2) is 47.1 Å². The van der Waals surface area contributed by atoms with Gasteiger partial charge >= 0.3 is 5.97 Å². The van der Waals surface area contributed by atoms with Crippen LogP contribution in [0.4, 0.5) is 0 Å². The normalized spacial score (nSPS) is 33.2. The van der Waals surface area contributed by atoms with Gasteiger partial charge in [0, 0.05) is 6.54 Å². The molecule has 0 radical (unpaired) electrons. The second-order valence-electron chi connectivity index (χ2n) is 5.44. The van der Waals surface area contributed by atoms with Crippen molar-refractivity contribution in [3.63, 3.8) is 0 Å². The van der Waals surface area contributed by atoms with Gasteiger partial charge in [0.2, 0.25) is 5.91 Å². The SMILES string of the molecule is CC1CCCN(C(=O)[C@H]2CCCCN2)C1C(=O)O. The summed E-state index contributed by atoms with van der Waals surface area (Å²) in [4.78, 5) is 25.3. The largest absolute Gasteiger partial charge is 0.480 e. The molecule has 0 aromatic heterocycles. The minimum atomic E-state index is -0.869. The molecule has 0 aliphatic carbocycles. The van der Waals surface area contributed by atoms with Gasteiger partial charge in [0.1, 0.15) is 6.04 Å². The monoisotopic (exact) mass is 254 g/mol. The van der Waals surface area contributed by atoms with Gasteiger partial charge in [-0.25, -0.2) is 4.79 Å². The topological polar surface area (TPSA) is 69.6 Å². The molecule has 18 heavy (non-hydrogen) atoms. The van der Waals surface area contributed by atoms with Gasteiger partial charge in [0.15, 0.2) is 0 Å². The molecule has 2 fully saturated rings. The number of hydrogen-bond donors (Lipinski definition) is 2. The Balaban J connectivity index is 2.08. The van der Waals surface area contributed by atoms with E-state index in [1.54, 1.807) is 4.90 Å². The van der Waals surface area contributed by atoms with E-state index < -0.39 is 12.0 Å². The molecule has 2 heterocycles. The van der Waals surface area contributed by atoms with E-state index in [1.165, 1.54) is 0 Å². The summed E-state index contributed by atoms with van der Waals surface area (Å²) in [6, 6.07) is -0.819. The molecule has 5 nitrogen and oxygen atoms in total. The number of nitrogens with one attached hydrogen (secondary N) is 1. The van der Waals surface area contributed by atoms with Crippen molar-refractivity contribution in [2.45, 2.75) is 51.1 Å². The number of likely N-dealkylation sites (tertiary alicyclic amines) is 1. The highest BCUT2D eigenvalue weighted by molar-refractivity contribution is 5.87. The summed E-state index contributed by atoms with van der Waals surface area (Å²) < 4.78 is 0. The summed E-state index contributed by atoms with van der Waals surface area (Å²) in [6.07, 6.45) is 4.77. The number of piperidine rings is 2. The van der Waals surface area contributed by atoms with E-state index in [4.69, 9.17) is 0 Å². The minimum absolute atomic E-state index is 0.0198. The quantitative estimate of drug-likeness (QED) is 0.766. The van der Waals surface area contributed by atoms with E-state index in [0.29, 0.717) is 6.54 Å². The first-order chi connectivity index (χ1) is 8.61. The number of amides is 1. The van der Waals surface area contributed by atoms with Crippen LogP contribution in [0.3, 0.4) is 0 Å². The summed E-state index contributed by atoms with van der Waals surface area (Å²) >= 11 is 0. The molecule has 0 aromatic rings. The summed E-state index contributed by atoms with van der Waals surface area (Å²) in [5, 5.41) is 12.5. The Labute approximate surface area is 108 Å². The van der Waals surface area contributed by atoms with E-state index in [2.05, 4.69) is 5.32 Å². The number of carbonyl (C=O) groups is 2. The Hall–Kier alpha value is -1.10. The van der Waals surface area contributed by atoms with Crippen molar-refractivity contribution >= 4 is 11.9 Å². The van der Waals surface area contributed by atoms with E-state index in [1.807, 2.05) is 6.92 Å². The predicted molar refractivity (Wildman–Crippen MR) is 67.2 cm³/mol. The van der Waals surface area contributed by atoms with E-state index in [-0.39, 0.29) is 17.9 Å². The first-order valence-corrected chi connectivity index (χ1v) is 6.88. The molecule has 2 aliphatic heterocycles. The van der Waals surface area contributed by atoms with Gasteiger partial charge < -0.3 is 15.3 Å². The highest BCUT2D eigenvalue weighted by atomic mass is 16.4. The van der Waals surface area contributed by atoms with Gasteiger partial charge in [-0.15, -0.1) is 0 Å². The summed E-state index contributed by atoms with van der Waals surface area (Å²) in [6.45, 7) is 3.36. The van der Waals surface area contributed by atoms with Crippen LogP contribution in [0.1, 0.15) is 39.0 Å². The van der Waals surface area contributed by atoms with E-state index in [9.17, 15) is 14.7 Å². The number of carbonyl (C=O) groups excluding carboxylic acids is 1. The van der Waals surface area contributed by atoms with Gasteiger partial charge in [0.05, 0.1) is 6.04 Å². The van der Waals surface area contributed by atoms with Crippen molar-refractivity contribution in [2.75, 3.05) is 13.1 Å². The Morgan fingerprint density at radius 2 is 2.00 bits per heavy atom. The molecular weight excluding hydrogens is 232 g/mol. The molecule has 102 valence electrons. The Morgan fingerprint density at radius 1 is 1.22 bits per heavy atom. The molecular formula is C13H22N2O3. The zero-order valence-electron chi connectivity index (χ0n) is 10.9. The number of hydrogen-bond acceptors (Lipinski definition) is 3. The lowest BCUT2D eigenvalue weighted by Crippen LogP contribution is -2.57. The van der Waals surface area contributed by atoms with Gasteiger partial charge in [-0.1, -0.05) is 13.3 Å². The molecule has 2 aliphatic rings. The second kappa shape index (κ2) is 5.69. The number of carboxylic acids is 1. The molecule has 0 spiro atoms. The van der Waals surface area contributed by atoms with Crippen molar-refractivity contribution in [2.24, 2.45) is 5.92 Å². The molecule has 5 heteroatoms. The standard InChI is InChI=1S/C13H22N2O3/c1-9-5-4-8-15(11(9)13(17)18)12(16)10-6-2-3-7-14-10/h9-11,14H,2-8H2,1H3,(H,17,18)/t9?,10-,11?/m1/s1. The number of rotatable bonds is 2. The van der Waals surface area contributed by atoms with E-state index >= 15 is 0 Å². The zero-order chi connectivity index (χ0) is 13.1. The maximum atomic E-state index is 12.4. The van der Waals surface area contributed by atoms with Crippen LogP contribution in [0.15, 0.2) is 0 Å². The summed E-state index contributed by atoms with van der Waals surface area (Å²) in [7, 11) is 0.